The highest BCUT2D eigenvalue weighted by Crippen LogP contribution is 2.29. The fraction of sp³-hybridized carbons (Fsp3) is 0.846. The predicted octanol–water partition coefficient (Wildman–Crippen LogP) is 1.18. The Hall–Kier alpha value is -0.940. The highest BCUT2D eigenvalue weighted by Gasteiger charge is 2.26. The summed E-state index contributed by atoms with van der Waals surface area (Å²) in [4.78, 5) is 0. The minimum Gasteiger partial charge on any atom is -0.394 e. The molecule has 1 heterocycles. The zero-order chi connectivity index (χ0) is 13.0. The number of aliphatic hydroxyl groups is 1. The lowest BCUT2D eigenvalue weighted by Gasteiger charge is -2.34. The molecule has 3 unspecified atom stereocenters. The molecule has 1 saturated carbocycles. The molecule has 1 aromatic heterocycles. The molecule has 1 fully saturated rings. The van der Waals surface area contributed by atoms with Crippen LogP contribution in [0.1, 0.15) is 38.8 Å². The van der Waals surface area contributed by atoms with Crippen LogP contribution in [0.15, 0.2) is 6.20 Å². The molecular formula is C13H24N4O. The van der Waals surface area contributed by atoms with Crippen molar-refractivity contribution in [1.29, 1.82) is 0 Å². The van der Waals surface area contributed by atoms with Gasteiger partial charge >= 0.3 is 0 Å². The summed E-state index contributed by atoms with van der Waals surface area (Å²) in [5.41, 5.74) is 0.953. The molecule has 102 valence electrons. The molecule has 5 heteroatoms. The third-order valence-electron chi connectivity index (χ3n) is 4.17. The predicted molar refractivity (Wildman–Crippen MR) is 69.9 cm³/mol. The quantitative estimate of drug-likeness (QED) is 0.826. The van der Waals surface area contributed by atoms with Gasteiger partial charge in [0.2, 0.25) is 0 Å². The number of rotatable bonds is 5. The Bertz CT molecular complexity index is 366. The lowest BCUT2D eigenvalue weighted by Crippen LogP contribution is -2.40. The largest absolute Gasteiger partial charge is 0.394 e. The summed E-state index contributed by atoms with van der Waals surface area (Å²) < 4.78 is 1.68. The highest BCUT2D eigenvalue weighted by molar-refractivity contribution is 4.93. The van der Waals surface area contributed by atoms with Crippen molar-refractivity contribution >= 4 is 0 Å². The van der Waals surface area contributed by atoms with E-state index in [2.05, 4.69) is 29.5 Å². The third-order valence-corrected chi connectivity index (χ3v) is 4.17. The van der Waals surface area contributed by atoms with Crippen LogP contribution < -0.4 is 5.32 Å². The SMILES string of the molecule is CC1CCCC(NCc2cn(CCO)nn2)C1C. The maximum absolute atomic E-state index is 8.82. The van der Waals surface area contributed by atoms with Gasteiger partial charge in [0.25, 0.3) is 0 Å². The molecule has 0 aromatic carbocycles. The van der Waals surface area contributed by atoms with Gasteiger partial charge in [0.05, 0.1) is 18.8 Å². The van der Waals surface area contributed by atoms with Gasteiger partial charge in [-0.2, -0.15) is 0 Å². The van der Waals surface area contributed by atoms with Crippen molar-refractivity contribution in [2.24, 2.45) is 11.8 Å². The van der Waals surface area contributed by atoms with E-state index in [0.717, 1.165) is 24.1 Å². The van der Waals surface area contributed by atoms with Crippen molar-refractivity contribution in [3.63, 3.8) is 0 Å². The molecule has 1 aromatic rings. The first-order valence-electron chi connectivity index (χ1n) is 6.94. The van der Waals surface area contributed by atoms with Crippen LogP contribution >= 0.6 is 0 Å². The molecule has 5 nitrogen and oxygen atoms in total. The molecule has 18 heavy (non-hydrogen) atoms. The van der Waals surface area contributed by atoms with E-state index >= 15 is 0 Å². The molecule has 2 rings (SSSR count). The van der Waals surface area contributed by atoms with Crippen LogP contribution in [-0.4, -0.2) is 32.7 Å². The van der Waals surface area contributed by atoms with E-state index in [-0.39, 0.29) is 6.61 Å². The standard InChI is InChI=1S/C13H24N4O/c1-10-4-3-5-13(11(10)2)14-8-12-9-17(6-7-18)16-15-12/h9-11,13-14,18H,3-8H2,1-2H3. The summed E-state index contributed by atoms with van der Waals surface area (Å²) >= 11 is 0. The van der Waals surface area contributed by atoms with Crippen LogP contribution in [0.3, 0.4) is 0 Å². The normalized spacial score (nSPS) is 28.5. The van der Waals surface area contributed by atoms with Gasteiger partial charge in [0.1, 0.15) is 0 Å². The second kappa shape index (κ2) is 6.29. The van der Waals surface area contributed by atoms with Gasteiger partial charge in [0.15, 0.2) is 0 Å². The van der Waals surface area contributed by atoms with Gasteiger partial charge in [-0.15, -0.1) is 5.10 Å². The number of hydrogen-bond acceptors (Lipinski definition) is 4. The Labute approximate surface area is 109 Å². The Morgan fingerprint density at radius 1 is 1.44 bits per heavy atom. The van der Waals surface area contributed by atoms with Crippen LogP contribution in [-0.2, 0) is 13.1 Å². The number of aliphatic hydroxyl groups excluding tert-OH is 1. The number of hydrogen-bond donors (Lipinski definition) is 2. The van der Waals surface area contributed by atoms with E-state index < -0.39 is 0 Å². The van der Waals surface area contributed by atoms with E-state index in [4.69, 9.17) is 5.11 Å². The van der Waals surface area contributed by atoms with Crippen LogP contribution in [0, 0.1) is 11.8 Å². The van der Waals surface area contributed by atoms with E-state index in [1.165, 1.54) is 19.3 Å². The van der Waals surface area contributed by atoms with Crippen molar-refractivity contribution in [3.05, 3.63) is 11.9 Å². The zero-order valence-corrected chi connectivity index (χ0v) is 11.3. The van der Waals surface area contributed by atoms with Gasteiger partial charge in [-0.3, -0.25) is 0 Å². The van der Waals surface area contributed by atoms with Gasteiger partial charge in [-0.25, -0.2) is 4.68 Å². The molecule has 1 aliphatic rings. The molecule has 0 spiro atoms. The summed E-state index contributed by atoms with van der Waals surface area (Å²) in [7, 11) is 0. The molecule has 0 radical (unpaired) electrons. The minimum absolute atomic E-state index is 0.105. The van der Waals surface area contributed by atoms with Gasteiger partial charge in [-0.05, 0) is 18.3 Å². The van der Waals surface area contributed by atoms with E-state index in [1.54, 1.807) is 4.68 Å². The maximum Gasteiger partial charge on any atom is 0.0964 e. The van der Waals surface area contributed by atoms with Crippen molar-refractivity contribution in [2.75, 3.05) is 6.61 Å². The fourth-order valence-corrected chi connectivity index (χ4v) is 2.74. The fourth-order valence-electron chi connectivity index (χ4n) is 2.74. The Balaban J connectivity index is 1.82. The molecule has 3 atom stereocenters. The van der Waals surface area contributed by atoms with E-state index in [0.29, 0.717) is 12.6 Å². The summed E-state index contributed by atoms with van der Waals surface area (Å²) in [6, 6.07) is 0.594. The van der Waals surface area contributed by atoms with Crippen LogP contribution in [0.4, 0.5) is 0 Å². The number of aromatic nitrogens is 3. The first-order chi connectivity index (χ1) is 8.70. The highest BCUT2D eigenvalue weighted by atomic mass is 16.3. The van der Waals surface area contributed by atoms with Crippen LogP contribution in [0.2, 0.25) is 0 Å². The first kappa shape index (κ1) is 13.5. The van der Waals surface area contributed by atoms with Crippen molar-refractivity contribution < 1.29 is 5.11 Å². The molecule has 0 bridgehead atoms. The van der Waals surface area contributed by atoms with Gasteiger partial charge in [-0.1, -0.05) is 31.9 Å². The molecular weight excluding hydrogens is 228 g/mol. The molecule has 1 aliphatic carbocycles. The van der Waals surface area contributed by atoms with Crippen LogP contribution in [0.25, 0.3) is 0 Å². The molecule has 0 amide bonds. The zero-order valence-electron chi connectivity index (χ0n) is 11.3. The number of nitrogens with one attached hydrogen (secondary N) is 1. The average molecular weight is 252 g/mol. The minimum atomic E-state index is 0.105. The van der Waals surface area contributed by atoms with Gasteiger partial charge < -0.3 is 10.4 Å². The molecule has 0 saturated heterocycles. The first-order valence-corrected chi connectivity index (χ1v) is 6.94. The van der Waals surface area contributed by atoms with Crippen LogP contribution in [0.5, 0.6) is 0 Å². The third kappa shape index (κ3) is 3.29. The lowest BCUT2D eigenvalue weighted by atomic mass is 9.78. The topological polar surface area (TPSA) is 63.0 Å². The summed E-state index contributed by atoms with van der Waals surface area (Å²) in [6.07, 6.45) is 5.84. The Morgan fingerprint density at radius 3 is 3.06 bits per heavy atom. The van der Waals surface area contributed by atoms with Crippen molar-refractivity contribution in [3.8, 4) is 0 Å². The lowest BCUT2D eigenvalue weighted by molar-refractivity contribution is 0.205. The maximum atomic E-state index is 8.82. The average Bonchev–Trinajstić information content (AvgIpc) is 2.79. The van der Waals surface area contributed by atoms with E-state index in [1.807, 2.05) is 6.20 Å². The summed E-state index contributed by atoms with van der Waals surface area (Å²) in [5.74, 6) is 1.53. The van der Waals surface area contributed by atoms with E-state index in [9.17, 15) is 0 Å². The van der Waals surface area contributed by atoms with Crippen molar-refractivity contribution in [1.82, 2.24) is 20.3 Å². The van der Waals surface area contributed by atoms with Gasteiger partial charge in [0, 0.05) is 18.8 Å². The smallest absolute Gasteiger partial charge is 0.0964 e. The van der Waals surface area contributed by atoms with Crippen molar-refractivity contribution in [2.45, 2.75) is 52.2 Å². The monoisotopic (exact) mass is 252 g/mol. The Morgan fingerprint density at radius 2 is 2.28 bits per heavy atom. The summed E-state index contributed by atoms with van der Waals surface area (Å²) in [5, 5.41) is 20.5. The second-order valence-electron chi connectivity index (χ2n) is 5.45. The second-order valence-corrected chi connectivity index (χ2v) is 5.45. The molecule has 2 N–H and O–H groups in total. The number of nitrogens with zero attached hydrogens (tertiary/aromatic N) is 3. The Kier molecular flexibility index (Phi) is 4.72. The summed E-state index contributed by atoms with van der Waals surface area (Å²) in [6.45, 7) is 6.07. The molecule has 0 aliphatic heterocycles.